The van der Waals surface area contributed by atoms with E-state index in [0.29, 0.717) is 12.4 Å². The van der Waals surface area contributed by atoms with Crippen LogP contribution in [-0.2, 0) is 11.3 Å². The van der Waals surface area contributed by atoms with E-state index in [0.717, 1.165) is 11.3 Å². The monoisotopic (exact) mass is 280 g/mol. The zero-order valence-electron chi connectivity index (χ0n) is 11.0. The fourth-order valence-electron chi connectivity index (χ4n) is 2.50. The fraction of sp³-hybridized carbons (Fsp3) is 0.583. The number of rotatable bonds is 2. The van der Waals surface area contributed by atoms with Crippen molar-refractivity contribution in [1.82, 2.24) is 15.1 Å². The van der Waals surface area contributed by atoms with Gasteiger partial charge in [-0.05, 0) is 13.0 Å². The van der Waals surface area contributed by atoms with Gasteiger partial charge in [0.1, 0.15) is 12.3 Å². The van der Waals surface area contributed by atoms with Crippen molar-refractivity contribution in [3.8, 4) is 0 Å². The molecule has 0 bridgehead atoms. The van der Waals surface area contributed by atoms with E-state index >= 15 is 0 Å². The van der Waals surface area contributed by atoms with E-state index < -0.39 is 18.4 Å². The molecule has 0 aliphatic carbocycles. The first-order chi connectivity index (χ1) is 9.58. The highest BCUT2D eigenvalue weighted by molar-refractivity contribution is 5.91. The maximum Gasteiger partial charge on any atom is 0.325 e. The minimum atomic E-state index is -0.767. The van der Waals surface area contributed by atoms with Crippen molar-refractivity contribution in [3.05, 3.63) is 17.3 Å². The number of nitrogens with one attached hydrogen (secondary N) is 1. The molecule has 8 heteroatoms. The second kappa shape index (κ2) is 4.97. The van der Waals surface area contributed by atoms with E-state index in [4.69, 9.17) is 9.84 Å². The highest BCUT2D eigenvalue weighted by Gasteiger charge is 2.40. The van der Waals surface area contributed by atoms with E-state index in [-0.39, 0.29) is 19.1 Å². The van der Waals surface area contributed by atoms with Gasteiger partial charge in [-0.1, -0.05) is 0 Å². The molecule has 1 saturated heterocycles. The summed E-state index contributed by atoms with van der Waals surface area (Å²) >= 11 is 0. The number of hydrogen-bond donors (Lipinski definition) is 3. The Balaban J connectivity index is 1.80. The largest absolute Gasteiger partial charge is 0.394 e. The molecule has 0 spiro atoms. The van der Waals surface area contributed by atoms with Crippen LogP contribution in [0.3, 0.4) is 0 Å². The van der Waals surface area contributed by atoms with Crippen LogP contribution in [0.4, 0.5) is 10.6 Å². The van der Waals surface area contributed by atoms with Gasteiger partial charge in [0, 0.05) is 12.0 Å². The van der Waals surface area contributed by atoms with Crippen molar-refractivity contribution in [3.63, 3.8) is 0 Å². The van der Waals surface area contributed by atoms with Gasteiger partial charge in [-0.15, -0.1) is 5.10 Å². The Hall–Kier alpha value is -1.77. The molecule has 1 fully saturated rings. The van der Waals surface area contributed by atoms with Crippen molar-refractivity contribution >= 4 is 11.8 Å². The van der Waals surface area contributed by atoms with Crippen molar-refractivity contribution in [2.45, 2.75) is 38.3 Å². The van der Waals surface area contributed by atoms with Gasteiger partial charge < -0.3 is 14.9 Å². The number of aromatic nitrogens is 2. The first-order valence-electron chi connectivity index (χ1n) is 6.43. The van der Waals surface area contributed by atoms with E-state index in [1.807, 2.05) is 13.0 Å². The highest BCUT2D eigenvalue weighted by atomic mass is 16.5. The molecule has 2 aliphatic rings. The van der Waals surface area contributed by atoms with Gasteiger partial charge in [0.15, 0.2) is 5.82 Å². The first-order valence-corrected chi connectivity index (χ1v) is 6.43. The SMILES string of the molecule is Cc1cc2c(nn1)NC(=O)N(C1C[C@@H](O)[C@@H](CO)O1)C2. The van der Waals surface area contributed by atoms with Crippen LogP contribution in [0.5, 0.6) is 0 Å². The van der Waals surface area contributed by atoms with Crippen molar-refractivity contribution in [2.24, 2.45) is 0 Å². The number of anilines is 1. The number of aliphatic hydroxyl groups excluding tert-OH is 2. The smallest absolute Gasteiger partial charge is 0.325 e. The third-order valence-corrected chi connectivity index (χ3v) is 3.55. The lowest BCUT2D eigenvalue weighted by atomic mass is 10.1. The van der Waals surface area contributed by atoms with Crippen molar-refractivity contribution in [1.29, 1.82) is 0 Å². The Morgan fingerprint density at radius 1 is 1.55 bits per heavy atom. The van der Waals surface area contributed by atoms with E-state index in [1.54, 1.807) is 0 Å². The number of hydrogen-bond acceptors (Lipinski definition) is 6. The molecule has 0 saturated carbocycles. The summed E-state index contributed by atoms with van der Waals surface area (Å²) in [6.07, 6.45) is -1.68. The minimum absolute atomic E-state index is 0.270. The van der Waals surface area contributed by atoms with Crippen LogP contribution in [0.2, 0.25) is 0 Å². The lowest BCUT2D eigenvalue weighted by Crippen LogP contribution is -2.45. The van der Waals surface area contributed by atoms with Crippen molar-refractivity contribution in [2.75, 3.05) is 11.9 Å². The van der Waals surface area contributed by atoms with Gasteiger partial charge >= 0.3 is 6.03 Å². The molecular weight excluding hydrogens is 264 g/mol. The number of nitrogens with zero attached hydrogens (tertiary/aromatic N) is 3. The zero-order chi connectivity index (χ0) is 14.3. The first kappa shape index (κ1) is 13.2. The number of aryl methyl sites for hydroxylation is 1. The van der Waals surface area contributed by atoms with Crippen molar-refractivity contribution < 1.29 is 19.7 Å². The Bertz CT molecular complexity index is 538. The zero-order valence-corrected chi connectivity index (χ0v) is 11.0. The Kier molecular flexibility index (Phi) is 3.28. The minimum Gasteiger partial charge on any atom is -0.394 e. The van der Waals surface area contributed by atoms with Crippen LogP contribution < -0.4 is 5.32 Å². The normalized spacial score (nSPS) is 29.2. The van der Waals surface area contributed by atoms with Crippen LogP contribution in [0.1, 0.15) is 17.7 Å². The molecule has 108 valence electrons. The molecule has 2 amide bonds. The van der Waals surface area contributed by atoms with Gasteiger partial charge in [-0.25, -0.2) is 4.79 Å². The summed E-state index contributed by atoms with van der Waals surface area (Å²) in [6.45, 7) is 1.90. The molecule has 3 atom stereocenters. The van der Waals surface area contributed by atoms with Gasteiger partial charge in [0.2, 0.25) is 0 Å². The number of carbonyl (C=O) groups is 1. The summed E-state index contributed by atoms with van der Waals surface area (Å²) in [5.74, 6) is 0.453. The molecule has 1 aromatic rings. The molecular formula is C12H16N4O4. The molecule has 3 rings (SSSR count). The van der Waals surface area contributed by atoms with Crippen LogP contribution in [0, 0.1) is 6.92 Å². The molecule has 8 nitrogen and oxygen atoms in total. The maximum absolute atomic E-state index is 12.1. The average Bonchev–Trinajstić information content (AvgIpc) is 2.79. The molecule has 20 heavy (non-hydrogen) atoms. The molecule has 1 unspecified atom stereocenters. The lowest BCUT2D eigenvalue weighted by Gasteiger charge is -2.32. The summed E-state index contributed by atoms with van der Waals surface area (Å²) in [6, 6.07) is 1.51. The second-order valence-electron chi connectivity index (χ2n) is 5.03. The number of carbonyl (C=O) groups excluding carboxylic acids is 1. The van der Waals surface area contributed by atoms with Gasteiger partial charge in [-0.3, -0.25) is 10.2 Å². The summed E-state index contributed by atoms with van der Waals surface area (Å²) in [5.41, 5.74) is 1.61. The van der Waals surface area contributed by atoms with Gasteiger partial charge in [-0.2, -0.15) is 5.10 Å². The van der Waals surface area contributed by atoms with Gasteiger partial charge in [0.05, 0.1) is 24.9 Å². The second-order valence-corrected chi connectivity index (χ2v) is 5.03. The number of ether oxygens (including phenoxy) is 1. The summed E-state index contributed by atoms with van der Waals surface area (Å²) < 4.78 is 5.51. The molecule has 1 aromatic heterocycles. The van der Waals surface area contributed by atoms with Gasteiger partial charge in [0.25, 0.3) is 0 Å². The summed E-state index contributed by atoms with van der Waals surface area (Å²) in [7, 11) is 0. The van der Waals surface area contributed by atoms with E-state index in [1.165, 1.54) is 4.90 Å². The lowest BCUT2D eigenvalue weighted by molar-refractivity contribution is -0.0653. The standard InChI is InChI=1S/C12H16N4O4/c1-6-2-7-4-16(12(19)13-11(7)15-14-6)10-3-8(18)9(5-17)20-10/h2,8-10,17-18H,3-5H2,1H3,(H,13,15,19)/t8-,9-,10?/m1/s1. The van der Waals surface area contributed by atoms with E-state index in [2.05, 4.69) is 15.5 Å². The molecule has 0 aromatic carbocycles. The number of urea groups is 1. The summed E-state index contributed by atoms with van der Waals surface area (Å²) in [4.78, 5) is 13.5. The number of aliphatic hydroxyl groups is 2. The van der Waals surface area contributed by atoms with E-state index in [9.17, 15) is 9.90 Å². The molecule has 3 heterocycles. The Labute approximate surface area is 115 Å². The quantitative estimate of drug-likeness (QED) is 0.680. The summed E-state index contributed by atoms with van der Waals surface area (Å²) in [5, 5.41) is 29.3. The third-order valence-electron chi connectivity index (χ3n) is 3.55. The average molecular weight is 280 g/mol. The predicted octanol–water partition coefficient (Wildman–Crippen LogP) is -0.399. The topological polar surface area (TPSA) is 108 Å². The fourth-order valence-corrected chi connectivity index (χ4v) is 2.50. The molecule has 2 aliphatic heterocycles. The predicted molar refractivity (Wildman–Crippen MR) is 67.7 cm³/mol. The van der Waals surface area contributed by atoms with Crippen LogP contribution in [-0.4, -0.2) is 56.4 Å². The maximum atomic E-state index is 12.1. The van der Waals surface area contributed by atoms with Crippen LogP contribution in [0.25, 0.3) is 0 Å². The number of amides is 2. The molecule has 3 N–H and O–H groups in total. The van der Waals surface area contributed by atoms with Crippen LogP contribution in [0.15, 0.2) is 6.07 Å². The highest BCUT2D eigenvalue weighted by Crippen LogP contribution is 2.29. The third kappa shape index (κ3) is 2.21. The Morgan fingerprint density at radius 2 is 2.35 bits per heavy atom. The van der Waals surface area contributed by atoms with Crippen LogP contribution >= 0.6 is 0 Å². The Morgan fingerprint density at radius 3 is 3.05 bits per heavy atom. The molecule has 0 radical (unpaired) electrons. The number of fused-ring (bicyclic) bond motifs is 1.